The maximum atomic E-state index is 12.4. The second kappa shape index (κ2) is 10.1. The van der Waals surface area contributed by atoms with Gasteiger partial charge < -0.3 is 9.32 Å². The predicted molar refractivity (Wildman–Crippen MR) is 120 cm³/mol. The van der Waals surface area contributed by atoms with Crippen molar-refractivity contribution < 1.29 is 9.21 Å². The SMILES string of the molecule is CCN(C)C(=O)c1coc(CN(Cc2ccc(Cl)cc2Cl)[C@H](C)c2ccccc2)n1. The van der Waals surface area contributed by atoms with Crippen molar-refractivity contribution in [1.29, 1.82) is 0 Å². The Balaban J connectivity index is 1.86. The normalized spacial score (nSPS) is 12.2. The van der Waals surface area contributed by atoms with E-state index in [1.807, 2.05) is 37.3 Å². The summed E-state index contributed by atoms with van der Waals surface area (Å²) >= 11 is 12.5. The molecule has 0 saturated carbocycles. The Morgan fingerprint density at radius 3 is 2.53 bits per heavy atom. The maximum absolute atomic E-state index is 12.4. The highest BCUT2D eigenvalue weighted by Gasteiger charge is 2.22. The number of halogens is 2. The minimum atomic E-state index is -0.157. The Morgan fingerprint density at radius 1 is 1.13 bits per heavy atom. The number of hydrogen-bond acceptors (Lipinski definition) is 4. The van der Waals surface area contributed by atoms with E-state index in [2.05, 4.69) is 28.9 Å². The smallest absolute Gasteiger partial charge is 0.275 e. The van der Waals surface area contributed by atoms with Crippen molar-refractivity contribution in [3.05, 3.63) is 87.6 Å². The van der Waals surface area contributed by atoms with Crippen molar-refractivity contribution in [2.24, 2.45) is 0 Å². The largest absolute Gasteiger partial charge is 0.447 e. The third kappa shape index (κ3) is 5.42. The van der Waals surface area contributed by atoms with Gasteiger partial charge in [-0.05, 0) is 37.1 Å². The van der Waals surface area contributed by atoms with Gasteiger partial charge >= 0.3 is 0 Å². The number of carbonyl (C=O) groups excluding carboxylic acids is 1. The van der Waals surface area contributed by atoms with E-state index in [9.17, 15) is 4.79 Å². The average molecular weight is 446 g/mol. The molecule has 0 spiro atoms. The number of oxazole rings is 1. The van der Waals surface area contributed by atoms with Crippen LogP contribution in [-0.4, -0.2) is 34.3 Å². The van der Waals surface area contributed by atoms with Gasteiger partial charge in [-0.1, -0.05) is 59.6 Å². The topological polar surface area (TPSA) is 49.6 Å². The van der Waals surface area contributed by atoms with Crippen LogP contribution in [0.25, 0.3) is 0 Å². The van der Waals surface area contributed by atoms with Gasteiger partial charge in [0.05, 0.1) is 6.54 Å². The number of benzene rings is 2. The Kier molecular flexibility index (Phi) is 7.53. The third-order valence-corrected chi connectivity index (χ3v) is 5.74. The summed E-state index contributed by atoms with van der Waals surface area (Å²) in [7, 11) is 1.74. The number of carbonyl (C=O) groups is 1. The fourth-order valence-electron chi connectivity index (χ4n) is 3.14. The standard InChI is InChI=1S/C23H25Cl2N3O2/c1-4-27(3)23(29)21-15-30-22(26-21)14-28(16(2)17-8-6-5-7-9-17)13-18-10-11-19(24)12-20(18)25/h5-12,15-16H,4,13-14H2,1-3H3/t16-/m1/s1. The lowest BCUT2D eigenvalue weighted by atomic mass is 10.1. The second-order valence-corrected chi connectivity index (χ2v) is 8.02. The Hall–Kier alpha value is -2.34. The van der Waals surface area contributed by atoms with E-state index < -0.39 is 0 Å². The molecule has 0 fully saturated rings. The first-order valence-corrected chi connectivity index (χ1v) is 10.6. The zero-order valence-electron chi connectivity index (χ0n) is 17.3. The first-order chi connectivity index (χ1) is 14.4. The van der Waals surface area contributed by atoms with Crippen LogP contribution in [-0.2, 0) is 13.1 Å². The number of rotatable bonds is 8. The van der Waals surface area contributed by atoms with Gasteiger partial charge in [0.1, 0.15) is 6.26 Å². The Morgan fingerprint density at radius 2 is 1.87 bits per heavy atom. The predicted octanol–water partition coefficient (Wildman–Crippen LogP) is 5.84. The molecule has 0 unspecified atom stereocenters. The lowest BCUT2D eigenvalue weighted by molar-refractivity contribution is 0.0796. The van der Waals surface area contributed by atoms with Gasteiger partial charge in [0.15, 0.2) is 5.69 Å². The summed E-state index contributed by atoms with van der Waals surface area (Å²) in [6.07, 6.45) is 1.42. The summed E-state index contributed by atoms with van der Waals surface area (Å²) in [5.74, 6) is 0.326. The molecule has 2 aromatic carbocycles. The summed E-state index contributed by atoms with van der Waals surface area (Å²) in [5.41, 5.74) is 2.43. The number of amides is 1. The van der Waals surface area contributed by atoms with Crippen molar-refractivity contribution in [2.45, 2.75) is 33.0 Å². The van der Waals surface area contributed by atoms with Gasteiger partial charge in [0, 0.05) is 36.2 Å². The van der Waals surface area contributed by atoms with Gasteiger partial charge in [0.2, 0.25) is 5.89 Å². The highest BCUT2D eigenvalue weighted by Crippen LogP contribution is 2.28. The fourth-order valence-corrected chi connectivity index (χ4v) is 3.60. The van der Waals surface area contributed by atoms with E-state index in [-0.39, 0.29) is 11.9 Å². The van der Waals surface area contributed by atoms with Gasteiger partial charge in [-0.2, -0.15) is 0 Å². The van der Waals surface area contributed by atoms with E-state index in [1.165, 1.54) is 6.26 Å². The van der Waals surface area contributed by atoms with Crippen molar-refractivity contribution in [3.63, 3.8) is 0 Å². The quantitative estimate of drug-likeness (QED) is 0.437. The lowest BCUT2D eigenvalue weighted by Gasteiger charge is -2.28. The summed E-state index contributed by atoms with van der Waals surface area (Å²) in [6.45, 7) is 5.65. The second-order valence-electron chi connectivity index (χ2n) is 7.17. The van der Waals surface area contributed by atoms with E-state index in [0.29, 0.717) is 41.3 Å². The monoisotopic (exact) mass is 445 g/mol. The maximum Gasteiger partial charge on any atom is 0.275 e. The van der Waals surface area contributed by atoms with Gasteiger partial charge in [0.25, 0.3) is 5.91 Å². The first kappa shape index (κ1) is 22.3. The van der Waals surface area contributed by atoms with Gasteiger partial charge in [-0.3, -0.25) is 9.69 Å². The summed E-state index contributed by atoms with van der Waals surface area (Å²) in [4.78, 5) is 20.6. The Bertz CT molecular complexity index is 991. The molecule has 5 nitrogen and oxygen atoms in total. The van der Waals surface area contributed by atoms with Crippen LogP contribution >= 0.6 is 23.2 Å². The Labute approximate surface area is 187 Å². The van der Waals surface area contributed by atoms with Gasteiger partial charge in [-0.25, -0.2) is 4.98 Å². The number of nitrogens with zero attached hydrogens (tertiary/aromatic N) is 3. The molecule has 0 radical (unpaired) electrons. The van der Waals surface area contributed by atoms with Crippen LogP contribution in [0, 0.1) is 0 Å². The van der Waals surface area contributed by atoms with E-state index in [0.717, 1.165) is 11.1 Å². The molecule has 0 aliphatic carbocycles. The molecule has 1 heterocycles. The van der Waals surface area contributed by atoms with Crippen molar-refractivity contribution in [2.75, 3.05) is 13.6 Å². The molecular weight excluding hydrogens is 421 g/mol. The third-order valence-electron chi connectivity index (χ3n) is 5.15. The molecule has 158 valence electrons. The molecule has 1 amide bonds. The zero-order valence-corrected chi connectivity index (χ0v) is 18.8. The minimum Gasteiger partial charge on any atom is -0.447 e. The first-order valence-electron chi connectivity index (χ1n) is 9.81. The van der Waals surface area contributed by atoms with Crippen LogP contribution < -0.4 is 0 Å². The molecular formula is C23H25Cl2N3O2. The highest BCUT2D eigenvalue weighted by molar-refractivity contribution is 6.35. The van der Waals surface area contributed by atoms with Crippen LogP contribution in [0.1, 0.15) is 47.4 Å². The molecule has 0 bridgehead atoms. The summed E-state index contributed by atoms with van der Waals surface area (Å²) in [5, 5.41) is 1.21. The number of aromatic nitrogens is 1. The molecule has 1 atom stereocenters. The number of hydrogen-bond donors (Lipinski definition) is 0. The summed E-state index contributed by atoms with van der Waals surface area (Å²) in [6, 6.07) is 15.8. The molecule has 0 aliphatic rings. The fraction of sp³-hybridized carbons (Fsp3) is 0.304. The molecule has 0 aliphatic heterocycles. The zero-order chi connectivity index (χ0) is 21.7. The van der Waals surface area contributed by atoms with Crippen LogP contribution in [0.3, 0.4) is 0 Å². The minimum absolute atomic E-state index is 0.0716. The molecule has 3 rings (SSSR count). The molecule has 7 heteroatoms. The molecule has 1 aromatic heterocycles. The van der Waals surface area contributed by atoms with Crippen molar-refractivity contribution in [1.82, 2.24) is 14.8 Å². The van der Waals surface area contributed by atoms with E-state index >= 15 is 0 Å². The highest BCUT2D eigenvalue weighted by atomic mass is 35.5. The molecule has 30 heavy (non-hydrogen) atoms. The van der Waals surface area contributed by atoms with Gasteiger partial charge in [-0.15, -0.1) is 0 Å². The van der Waals surface area contributed by atoms with Crippen LogP contribution in [0.4, 0.5) is 0 Å². The molecule has 0 N–H and O–H groups in total. The van der Waals surface area contributed by atoms with Crippen LogP contribution in [0.5, 0.6) is 0 Å². The average Bonchev–Trinajstić information content (AvgIpc) is 3.22. The van der Waals surface area contributed by atoms with Crippen molar-refractivity contribution in [3.8, 4) is 0 Å². The van der Waals surface area contributed by atoms with Crippen molar-refractivity contribution >= 4 is 29.1 Å². The van der Waals surface area contributed by atoms with E-state index in [1.54, 1.807) is 18.0 Å². The summed E-state index contributed by atoms with van der Waals surface area (Å²) < 4.78 is 5.63. The lowest BCUT2D eigenvalue weighted by Crippen LogP contribution is -2.28. The van der Waals surface area contributed by atoms with Crippen LogP contribution in [0.2, 0.25) is 10.0 Å². The molecule has 0 saturated heterocycles. The van der Waals surface area contributed by atoms with Crippen LogP contribution in [0.15, 0.2) is 59.2 Å². The molecule has 3 aromatic rings. The van der Waals surface area contributed by atoms with E-state index in [4.69, 9.17) is 27.6 Å².